The number of rotatable bonds is 2. The zero-order valence-corrected chi connectivity index (χ0v) is 7.23. The van der Waals surface area contributed by atoms with Gasteiger partial charge in [0.25, 0.3) is 0 Å². The lowest BCUT2D eigenvalue weighted by Gasteiger charge is -2.01. The normalized spacial score (nSPS) is 10.1. The Labute approximate surface area is 71.4 Å². The maximum atomic E-state index is 5.84. The minimum atomic E-state index is 0.579. The number of aromatic nitrogens is 1. The van der Waals surface area contributed by atoms with Crippen LogP contribution in [-0.4, -0.2) is 11.5 Å². The summed E-state index contributed by atoms with van der Waals surface area (Å²) in [6, 6.07) is 3.91. The molecule has 0 aliphatic carbocycles. The van der Waals surface area contributed by atoms with E-state index in [0.29, 0.717) is 11.7 Å². The van der Waals surface area contributed by atoms with E-state index in [1.807, 2.05) is 19.1 Å². The molecule has 0 radical (unpaired) electrons. The van der Waals surface area contributed by atoms with Crippen molar-refractivity contribution in [3.63, 3.8) is 0 Å². The highest BCUT2D eigenvalue weighted by Crippen LogP contribution is 2.13. The van der Waals surface area contributed by atoms with Gasteiger partial charge in [0, 0.05) is 5.69 Å². The molecule has 1 heterocycles. The number of pyridine rings is 1. The summed E-state index contributed by atoms with van der Waals surface area (Å²) in [7, 11) is 0. The van der Waals surface area contributed by atoms with Crippen molar-refractivity contribution in [2.45, 2.75) is 13.3 Å². The lowest BCUT2D eigenvalue weighted by atomic mass is 10.2. The predicted molar refractivity (Wildman–Crippen MR) is 46.7 cm³/mol. The molecule has 0 spiro atoms. The van der Waals surface area contributed by atoms with Crippen molar-refractivity contribution in [3.05, 3.63) is 28.5 Å². The highest BCUT2D eigenvalue weighted by molar-refractivity contribution is 6.30. The van der Waals surface area contributed by atoms with Crippen LogP contribution in [0.1, 0.15) is 11.3 Å². The van der Waals surface area contributed by atoms with E-state index in [-0.39, 0.29) is 0 Å². The van der Waals surface area contributed by atoms with Crippen LogP contribution in [0.5, 0.6) is 0 Å². The first kappa shape index (κ1) is 8.50. The van der Waals surface area contributed by atoms with Crippen molar-refractivity contribution < 1.29 is 0 Å². The summed E-state index contributed by atoms with van der Waals surface area (Å²) in [6.07, 6.45) is 0.798. The maximum Gasteiger partial charge on any atom is 0.132 e. The first-order chi connectivity index (χ1) is 5.24. The second-order valence-corrected chi connectivity index (χ2v) is 2.80. The third kappa shape index (κ3) is 2.17. The van der Waals surface area contributed by atoms with Gasteiger partial charge in [-0.2, -0.15) is 0 Å². The number of hydrogen-bond donors (Lipinski definition) is 1. The highest BCUT2D eigenvalue weighted by atomic mass is 35.5. The van der Waals surface area contributed by atoms with Gasteiger partial charge in [0.05, 0.1) is 0 Å². The average Bonchev–Trinajstić information content (AvgIpc) is 1.95. The van der Waals surface area contributed by atoms with E-state index in [1.54, 1.807) is 0 Å². The Bertz CT molecular complexity index is 248. The SMILES string of the molecule is Cc1ccc(CCN)c(Cl)n1. The van der Waals surface area contributed by atoms with Gasteiger partial charge >= 0.3 is 0 Å². The Morgan fingerprint density at radius 2 is 2.27 bits per heavy atom. The monoisotopic (exact) mass is 170 g/mol. The van der Waals surface area contributed by atoms with Gasteiger partial charge in [-0.1, -0.05) is 17.7 Å². The van der Waals surface area contributed by atoms with E-state index in [9.17, 15) is 0 Å². The Hall–Kier alpha value is -0.600. The van der Waals surface area contributed by atoms with Crippen molar-refractivity contribution in [1.29, 1.82) is 0 Å². The van der Waals surface area contributed by atoms with Crippen LogP contribution in [0.25, 0.3) is 0 Å². The number of nitrogens with zero attached hydrogens (tertiary/aromatic N) is 1. The Kier molecular flexibility index (Phi) is 2.85. The van der Waals surface area contributed by atoms with Crippen LogP contribution in [0.3, 0.4) is 0 Å². The fraction of sp³-hybridized carbons (Fsp3) is 0.375. The van der Waals surface area contributed by atoms with Crippen molar-refractivity contribution >= 4 is 11.6 Å². The minimum absolute atomic E-state index is 0.579. The van der Waals surface area contributed by atoms with Crippen LogP contribution in [0.15, 0.2) is 12.1 Å². The van der Waals surface area contributed by atoms with Crippen molar-refractivity contribution in [3.8, 4) is 0 Å². The fourth-order valence-corrected chi connectivity index (χ4v) is 1.19. The van der Waals surface area contributed by atoms with Gasteiger partial charge in [-0.25, -0.2) is 4.98 Å². The molecule has 11 heavy (non-hydrogen) atoms. The van der Waals surface area contributed by atoms with Crippen LogP contribution in [0.4, 0.5) is 0 Å². The third-order valence-electron chi connectivity index (χ3n) is 1.48. The van der Waals surface area contributed by atoms with Gasteiger partial charge in [0.15, 0.2) is 0 Å². The van der Waals surface area contributed by atoms with Gasteiger partial charge in [0.2, 0.25) is 0 Å². The molecule has 0 fully saturated rings. The minimum Gasteiger partial charge on any atom is -0.330 e. The summed E-state index contributed by atoms with van der Waals surface area (Å²) in [5.41, 5.74) is 7.35. The molecule has 0 aliphatic rings. The molecule has 60 valence electrons. The summed E-state index contributed by atoms with van der Waals surface area (Å²) in [4.78, 5) is 4.10. The van der Waals surface area contributed by atoms with Gasteiger partial charge in [-0.05, 0) is 31.5 Å². The molecule has 1 rings (SSSR count). The average molecular weight is 171 g/mol. The lowest BCUT2D eigenvalue weighted by molar-refractivity contribution is 0.954. The summed E-state index contributed by atoms with van der Waals surface area (Å²) in [5.74, 6) is 0. The molecular weight excluding hydrogens is 160 g/mol. The first-order valence-corrected chi connectivity index (χ1v) is 3.94. The maximum absolute atomic E-state index is 5.84. The second kappa shape index (κ2) is 3.69. The number of aryl methyl sites for hydroxylation is 1. The Morgan fingerprint density at radius 3 is 2.82 bits per heavy atom. The molecule has 2 nitrogen and oxygen atoms in total. The summed E-state index contributed by atoms with van der Waals surface area (Å²) < 4.78 is 0. The van der Waals surface area contributed by atoms with E-state index in [4.69, 9.17) is 17.3 Å². The van der Waals surface area contributed by atoms with Gasteiger partial charge in [0.1, 0.15) is 5.15 Å². The molecule has 1 aromatic heterocycles. The van der Waals surface area contributed by atoms with Crippen LogP contribution >= 0.6 is 11.6 Å². The van der Waals surface area contributed by atoms with Crippen LogP contribution in [-0.2, 0) is 6.42 Å². The van der Waals surface area contributed by atoms with Crippen molar-refractivity contribution in [2.24, 2.45) is 5.73 Å². The molecule has 0 amide bonds. The first-order valence-electron chi connectivity index (χ1n) is 3.56. The predicted octanol–water partition coefficient (Wildman–Crippen LogP) is 1.54. The number of nitrogens with two attached hydrogens (primary N) is 1. The Morgan fingerprint density at radius 1 is 1.55 bits per heavy atom. The van der Waals surface area contributed by atoms with Crippen molar-refractivity contribution in [2.75, 3.05) is 6.54 Å². The van der Waals surface area contributed by atoms with Crippen molar-refractivity contribution in [1.82, 2.24) is 4.98 Å². The molecule has 0 aromatic carbocycles. The summed E-state index contributed by atoms with van der Waals surface area (Å²) in [6.45, 7) is 2.53. The molecule has 1 aromatic rings. The topological polar surface area (TPSA) is 38.9 Å². The molecule has 0 atom stereocenters. The molecule has 0 saturated carbocycles. The van der Waals surface area contributed by atoms with Crippen LogP contribution < -0.4 is 5.73 Å². The fourth-order valence-electron chi connectivity index (χ4n) is 0.896. The molecule has 0 saturated heterocycles. The van der Waals surface area contributed by atoms with Gasteiger partial charge in [-0.3, -0.25) is 0 Å². The third-order valence-corrected chi connectivity index (χ3v) is 1.81. The zero-order valence-electron chi connectivity index (χ0n) is 6.47. The second-order valence-electron chi connectivity index (χ2n) is 2.44. The van der Waals surface area contributed by atoms with Gasteiger partial charge < -0.3 is 5.73 Å². The zero-order chi connectivity index (χ0) is 8.27. The van der Waals surface area contributed by atoms with Crippen LogP contribution in [0, 0.1) is 6.92 Å². The quantitative estimate of drug-likeness (QED) is 0.684. The molecule has 0 bridgehead atoms. The summed E-state index contributed by atoms with van der Waals surface area (Å²) in [5, 5.41) is 0.579. The van der Waals surface area contributed by atoms with E-state index in [1.165, 1.54) is 0 Å². The van der Waals surface area contributed by atoms with E-state index < -0.39 is 0 Å². The van der Waals surface area contributed by atoms with E-state index in [2.05, 4.69) is 4.98 Å². The molecular formula is C8H11ClN2. The number of hydrogen-bond acceptors (Lipinski definition) is 2. The van der Waals surface area contributed by atoms with E-state index in [0.717, 1.165) is 17.7 Å². The smallest absolute Gasteiger partial charge is 0.132 e. The molecule has 0 aliphatic heterocycles. The lowest BCUT2D eigenvalue weighted by Crippen LogP contribution is -2.03. The largest absolute Gasteiger partial charge is 0.330 e. The highest BCUT2D eigenvalue weighted by Gasteiger charge is 1.99. The molecule has 0 unspecified atom stereocenters. The molecule has 3 heteroatoms. The molecule has 2 N–H and O–H groups in total. The standard InChI is InChI=1S/C8H11ClN2/c1-6-2-3-7(4-5-10)8(9)11-6/h2-3H,4-5,10H2,1H3. The summed E-state index contributed by atoms with van der Waals surface area (Å²) >= 11 is 5.84. The van der Waals surface area contributed by atoms with E-state index >= 15 is 0 Å². The van der Waals surface area contributed by atoms with Gasteiger partial charge in [-0.15, -0.1) is 0 Å². The Balaban J connectivity index is 2.90. The van der Waals surface area contributed by atoms with Crippen LogP contribution in [0.2, 0.25) is 5.15 Å². The number of halogens is 1.